The van der Waals surface area contributed by atoms with E-state index < -0.39 is 30.4 Å². The zero-order chi connectivity index (χ0) is 13.6. The zero-order valence-electron chi connectivity index (χ0n) is 9.64. The van der Waals surface area contributed by atoms with Crippen molar-refractivity contribution in [3.63, 3.8) is 0 Å². The second-order valence-electron chi connectivity index (χ2n) is 4.26. The first-order chi connectivity index (χ1) is 9.10. The number of aromatic nitrogens is 4. The van der Waals surface area contributed by atoms with E-state index >= 15 is 0 Å². The van der Waals surface area contributed by atoms with Crippen molar-refractivity contribution >= 4 is 11.2 Å². The van der Waals surface area contributed by atoms with Crippen molar-refractivity contribution < 1.29 is 24.4 Å². The number of aliphatic hydroxyl groups is 2. The lowest BCUT2D eigenvalue weighted by Crippen LogP contribution is -2.24. The van der Waals surface area contributed by atoms with Crippen molar-refractivity contribution in [3.8, 4) is 5.88 Å². The maximum absolute atomic E-state index is 13.1. The van der Waals surface area contributed by atoms with Crippen LogP contribution in [0.3, 0.4) is 0 Å². The van der Waals surface area contributed by atoms with Crippen molar-refractivity contribution in [2.24, 2.45) is 0 Å². The van der Waals surface area contributed by atoms with Gasteiger partial charge in [-0.05, 0) is 0 Å². The Morgan fingerprint density at radius 3 is 2.95 bits per heavy atom. The van der Waals surface area contributed by atoms with E-state index in [1.807, 2.05) is 0 Å². The van der Waals surface area contributed by atoms with E-state index in [-0.39, 0.29) is 24.2 Å². The summed E-state index contributed by atoms with van der Waals surface area (Å²) in [5, 5.41) is 28.1. The molecule has 0 amide bonds. The van der Waals surface area contributed by atoms with Crippen LogP contribution in [0.2, 0.25) is 0 Å². The van der Waals surface area contributed by atoms with E-state index in [2.05, 4.69) is 15.0 Å². The predicted molar refractivity (Wildman–Crippen MR) is 58.6 cm³/mol. The summed E-state index contributed by atoms with van der Waals surface area (Å²) in [5.74, 6) is -0.557. The standard InChI is InChI=1S/C10H11FN4O4/c11-10-13-8-7(9(18)14-10)12-3-15(8)6-1-4(17)5(2-16)19-6/h3-6,16-17H,1-2H2,(H,13,14,18)/t4?,5-,6-/m1/s1. The highest BCUT2D eigenvalue weighted by Gasteiger charge is 2.35. The van der Waals surface area contributed by atoms with Gasteiger partial charge in [0.25, 0.3) is 0 Å². The molecular weight excluding hydrogens is 259 g/mol. The smallest absolute Gasteiger partial charge is 0.314 e. The first-order valence-electron chi connectivity index (χ1n) is 5.63. The predicted octanol–water partition coefficient (Wildman–Crippen LogP) is -0.688. The van der Waals surface area contributed by atoms with Gasteiger partial charge in [-0.3, -0.25) is 4.57 Å². The Balaban J connectivity index is 2.02. The molecule has 2 aromatic rings. The third-order valence-corrected chi connectivity index (χ3v) is 3.07. The minimum absolute atomic E-state index is 0.0481. The number of hydrogen-bond donors (Lipinski definition) is 3. The van der Waals surface area contributed by atoms with Crippen LogP contribution in [0, 0.1) is 6.08 Å². The molecule has 102 valence electrons. The highest BCUT2D eigenvalue weighted by molar-refractivity contribution is 5.75. The molecule has 1 saturated heterocycles. The molecule has 1 aliphatic heterocycles. The van der Waals surface area contributed by atoms with Crippen LogP contribution in [0.15, 0.2) is 6.33 Å². The Labute approximate surface area is 106 Å². The van der Waals surface area contributed by atoms with Gasteiger partial charge < -0.3 is 20.1 Å². The van der Waals surface area contributed by atoms with Gasteiger partial charge in [0.2, 0.25) is 5.88 Å². The largest absolute Gasteiger partial charge is 0.492 e. The zero-order valence-corrected chi connectivity index (χ0v) is 9.64. The van der Waals surface area contributed by atoms with Crippen LogP contribution >= 0.6 is 0 Å². The molecule has 3 N–H and O–H groups in total. The summed E-state index contributed by atoms with van der Waals surface area (Å²) in [6.07, 6.45) is -1.72. The minimum Gasteiger partial charge on any atom is -0.492 e. The molecule has 3 heterocycles. The van der Waals surface area contributed by atoms with E-state index in [1.54, 1.807) is 0 Å². The molecule has 8 nitrogen and oxygen atoms in total. The van der Waals surface area contributed by atoms with Crippen LogP contribution in [-0.2, 0) is 4.74 Å². The normalized spacial score (nSPS) is 27.2. The van der Waals surface area contributed by atoms with E-state index in [0.717, 1.165) is 0 Å². The quantitative estimate of drug-likeness (QED) is 0.619. The SMILES string of the molecule is OC[C@H]1O[C@@H](n2cnc3c(O)nc(F)nc32)CC1O. The first kappa shape index (κ1) is 12.2. The van der Waals surface area contributed by atoms with Gasteiger partial charge in [0, 0.05) is 6.42 Å². The minimum atomic E-state index is -1.08. The van der Waals surface area contributed by atoms with Gasteiger partial charge in [-0.1, -0.05) is 0 Å². The number of aromatic hydroxyl groups is 1. The summed E-state index contributed by atoms with van der Waals surface area (Å²) in [4.78, 5) is 10.6. The summed E-state index contributed by atoms with van der Waals surface area (Å²) in [7, 11) is 0. The fourth-order valence-corrected chi connectivity index (χ4v) is 2.14. The number of aliphatic hydroxyl groups excluding tert-OH is 2. The van der Waals surface area contributed by atoms with Gasteiger partial charge in [-0.25, -0.2) is 4.98 Å². The summed E-state index contributed by atoms with van der Waals surface area (Å²) in [6, 6.07) is 0. The molecule has 0 saturated carbocycles. The number of fused-ring (bicyclic) bond motifs is 1. The topological polar surface area (TPSA) is 114 Å². The third-order valence-electron chi connectivity index (χ3n) is 3.07. The molecule has 0 bridgehead atoms. The summed E-state index contributed by atoms with van der Waals surface area (Å²) in [6.45, 7) is -0.321. The van der Waals surface area contributed by atoms with Gasteiger partial charge in [-0.15, -0.1) is 0 Å². The molecule has 9 heteroatoms. The van der Waals surface area contributed by atoms with Crippen molar-refractivity contribution in [1.82, 2.24) is 19.5 Å². The van der Waals surface area contributed by atoms with Gasteiger partial charge in [-0.2, -0.15) is 14.4 Å². The first-order valence-corrected chi connectivity index (χ1v) is 5.63. The second kappa shape index (κ2) is 4.37. The third kappa shape index (κ3) is 1.91. The fourth-order valence-electron chi connectivity index (χ4n) is 2.14. The van der Waals surface area contributed by atoms with Crippen LogP contribution < -0.4 is 0 Å². The average Bonchev–Trinajstić information content (AvgIpc) is 2.92. The Bertz CT molecular complexity index is 619. The Kier molecular flexibility index (Phi) is 2.81. The van der Waals surface area contributed by atoms with Crippen LogP contribution in [-0.4, -0.2) is 53.7 Å². The van der Waals surface area contributed by atoms with E-state index in [9.17, 15) is 14.6 Å². The average molecular weight is 270 g/mol. The number of rotatable bonds is 2. The van der Waals surface area contributed by atoms with Crippen molar-refractivity contribution in [3.05, 3.63) is 12.4 Å². The Hall–Kier alpha value is -1.84. The van der Waals surface area contributed by atoms with E-state index in [0.29, 0.717) is 0 Å². The van der Waals surface area contributed by atoms with Crippen LogP contribution in [0.4, 0.5) is 4.39 Å². The molecular formula is C10H11FN4O4. The molecule has 1 aliphatic rings. The van der Waals surface area contributed by atoms with Gasteiger partial charge in [0.1, 0.15) is 12.3 Å². The van der Waals surface area contributed by atoms with Crippen molar-refractivity contribution in [1.29, 1.82) is 0 Å². The molecule has 0 aromatic carbocycles. The van der Waals surface area contributed by atoms with Crippen LogP contribution in [0.25, 0.3) is 11.2 Å². The lowest BCUT2D eigenvalue weighted by molar-refractivity contribution is -0.0432. The molecule has 3 rings (SSSR count). The lowest BCUT2D eigenvalue weighted by Gasteiger charge is -2.13. The number of ether oxygens (including phenoxy) is 1. The van der Waals surface area contributed by atoms with E-state index in [4.69, 9.17) is 9.84 Å². The maximum atomic E-state index is 13.1. The molecule has 1 fully saturated rings. The van der Waals surface area contributed by atoms with E-state index in [1.165, 1.54) is 10.9 Å². The summed E-state index contributed by atoms with van der Waals surface area (Å²) in [5.41, 5.74) is 0.118. The highest BCUT2D eigenvalue weighted by atomic mass is 19.1. The Morgan fingerprint density at radius 2 is 2.26 bits per heavy atom. The van der Waals surface area contributed by atoms with Crippen molar-refractivity contribution in [2.45, 2.75) is 24.9 Å². The molecule has 0 spiro atoms. The van der Waals surface area contributed by atoms with Crippen LogP contribution in [0.5, 0.6) is 5.88 Å². The molecule has 0 radical (unpaired) electrons. The molecule has 19 heavy (non-hydrogen) atoms. The second-order valence-corrected chi connectivity index (χ2v) is 4.26. The monoisotopic (exact) mass is 270 g/mol. The molecule has 3 atom stereocenters. The number of imidazole rings is 1. The highest BCUT2D eigenvalue weighted by Crippen LogP contribution is 2.31. The van der Waals surface area contributed by atoms with Crippen LogP contribution in [0.1, 0.15) is 12.6 Å². The molecule has 1 unspecified atom stereocenters. The molecule has 2 aromatic heterocycles. The fraction of sp³-hybridized carbons (Fsp3) is 0.500. The summed E-state index contributed by atoms with van der Waals surface area (Å²) < 4.78 is 19.9. The number of halogens is 1. The number of hydrogen-bond acceptors (Lipinski definition) is 7. The number of nitrogens with zero attached hydrogens (tertiary/aromatic N) is 4. The summed E-state index contributed by atoms with van der Waals surface area (Å²) >= 11 is 0. The van der Waals surface area contributed by atoms with Crippen molar-refractivity contribution in [2.75, 3.05) is 6.61 Å². The Morgan fingerprint density at radius 1 is 1.47 bits per heavy atom. The molecule has 0 aliphatic carbocycles. The maximum Gasteiger partial charge on any atom is 0.314 e. The van der Waals surface area contributed by atoms with Gasteiger partial charge in [0.05, 0.1) is 19.0 Å². The van der Waals surface area contributed by atoms with Gasteiger partial charge in [0.15, 0.2) is 11.2 Å². The lowest BCUT2D eigenvalue weighted by atomic mass is 10.2. The van der Waals surface area contributed by atoms with Gasteiger partial charge >= 0.3 is 6.08 Å².